The van der Waals surface area contributed by atoms with Crippen molar-refractivity contribution in [2.75, 3.05) is 29.6 Å². The van der Waals surface area contributed by atoms with Crippen molar-refractivity contribution in [1.29, 1.82) is 0 Å². The molecule has 6 heteroatoms. The van der Waals surface area contributed by atoms with Crippen LogP contribution in [0.2, 0.25) is 0 Å². The van der Waals surface area contributed by atoms with E-state index in [-0.39, 0.29) is 5.82 Å². The van der Waals surface area contributed by atoms with E-state index in [0.29, 0.717) is 23.6 Å². The van der Waals surface area contributed by atoms with Gasteiger partial charge >= 0.3 is 0 Å². The van der Waals surface area contributed by atoms with Crippen molar-refractivity contribution in [3.05, 3.63) is 47.8 Å². The predicted octanol–water partition coefficient (Wildman–Crippen LogP) is 5.00. The van der Waals surface area contributed by atoms with Crippen molar-refractivity contribution in [3.8, 4) is 5.75 Å². The van der Waals surface area contributed by atoms with E-state index in [4.69, 9.17) is 4.74 Å². The first kappa shape index (κ1) is 18.0. The molecule has 0 saturated carbocycles. The first-order valence-corrected chi connectivity index (χ1v) is 9.00. The molecule has 2 aromatic carbocycles. The van der Waals surface area contributed by atoms with Gasteiger partial charge in [0.25, 0.3) is 0 Å². The first-order chi connectivity index (χ1) is 12.7. The van der Waals surface area contributed by atoms with Gasteiger partial charge in [-0.3, -0.25) is 0 Å². The Kier molecular flexibility index (Phi) is 5.94. The highest BCUT2D eigenvalue weighted by Gasteiger charge is 2.23. The van der Waals surface area contributed by atoms with Crippen molar-refractivity contribution in [3.63, 3.8) is 0 Å². The molecule has 1 aliphatic heterocycles. The number of unbranched alkanes of at least 4 members (excludes halogenated alkanes) is 2. The largest absolute Gasteiger partial charge is 0.493 e. The van der Waals surface area contributed by atoms with Crippen LogP contribution in [0.1, 0.15) is 37.9 Å². The third-order valence-electron chi connectivity index (χ3n) is 4.31. The molecule has 3 N–H and O–H groups in total. The van der Waals surface area contributed by atoms with Crippen LogP contribution in [-0.4, -0.2) is 20.0 Å². The smallest absolute Gasteiger partial charge is 0.151 e. The molecule has 0 aliphatic carbocycles. The van der Waals surface area contributed by atoms with Crippen LogP contribution in [0.25, 0.3) is 0 Å². The minimum Gasteiger partial charge on any atom is -0.493 e. The molecule has 5 nitrogen and oxygen atoms in total. The third-order valence-corrected chi connectivity index (χ3v) is 4.31. The van der Waals surface area contributed by atoms with Crippen molar-refractivity contribution >= 4 is 23.4 Å². The zero-order valence-electron chi connectivity index (χ0n) is 15.2. The number of ether oxygens (including phenoxy) is 1. The van der Waals surface area contributed by atoms with Crippen LogP contribution in [-0.2, 0) is 0 Å². The molecule has 1 unspecified atom stereocenters. The van der Waals surface area contributed by atoms with Crippen LogP contribution in [0.4, 0.5) is 21.5 Å². The second-order valence-corrected chi connectivity index (χ2v) is 6.22. The van der Waals surface area contributed by atoms with Gasteiger partial charge in [-0.2, -0.15) is 0 Å². The lowest BCUT2D eigenvalue weighted by Gasteiger charge is -2.24. The molecule has 1 heterocycles. The van der Waals surface area contributed by atoms with Gasteiger partial charge in [0, 0.05) is 30.6 Å². The fourth-order valence-corrected chi connectivity index (χ4v) is 2.87. The highest BCUT2D eigenvalue weighted by Crippen LogP contribution is 2.35. The standard InChI is InChI=1S/C20H25FN4O/c1-3-4-5-10-26-16-11-17(21)19-18(12-16)23-13-24-20(19)25-15-8-6-14(22-2)7-9-15/h6-9,11-13,20,22,25H,3-5,10H2,1-2H3,(H,23,24). The number of halogens is 1. The number of aliphatic imine (C=N–C) groups is 1. The normalized spacial score (nSPS) is 15.1. The Labute approximate surface area is 153 Å². The van der Waals surface area contributed by atoms with E-state index in [1.807, 2.05) is 37.4 Å². The van der Waals surface area contributed by atoms with Crippen LogP contribution < -0.4 is 20.7 Å². The van der Waals surface area contributed by atoms with Gasteiger partial charge < -0.3 is 20.7 Å². The minimum absolute atomic E-state index is 0.332. The first-order valence-electron chi connectivity index (χ1n) is 9.00. The summed E-state index contributed by atoms with van der Waals surface area (Å²) in [6.45, 7) is 2.74. The second kappa shape index (κ2) is 8.56. The van der Waals surface area contributed by atoms with Gasteiger partial charge in [-0.25, -0.2) is 9.38 Å². The van der Waals surface area contributed by atoms with Gasteiger partial charge in [0.2, 0.25) is 0 Å². The number of nitrogens with one attached hydrogen (secondary N) is 3. The van der Waals surface area contributed by atoms with Crippen LogP contribution in [0.15, 0.2) is 41.4 Å². The Balaban J connectivity index is 1.74. The summed E-state index contributed by atoms with van der Waals surface area (Å²) in [6.07, 6.45) is 4.30. The number of nitrogens with zero attached hydrogens (tertiary/aromatic N) is 1. The van der Waals surface area contributed by atoms with Crippen molar-refractivity contribution in [2.45, 2.75) is 32.4 Å². The summed E-state index contributed by atoms with van der Waals surface area (Å²) in [6, 6.07) is 11.0. The zero-order valence-corrected chi connectivity index (χ0v) is 15.2. The number of hydrogen-bond acceptors (Lipinski definition) is 5. The Hall–Kier alpha value is -2.76. The molecule has 0 spiro atoms. The molecule has 0 amide bonds. The summed E-state index contributed by atoms with van der Waals surface area (Å²) in [4.78, 5) is 4.34. The predicted molar refractivity (Wildman–Crippen MR) is 106 cm³/mol. The lowest BCUT2D eigenvalue weighted by Crippen LogP contribution is -2.18. The maximum Gasteiger partial charge on any atom is 0.151 e. The van der Waals surface area contributed by atoms with Gasteiger partial charge in [-0.05, 0) is 30.7 Å². The van der Waals surface area contributed by atoms with E-state index in [0.717, 1.165) is 30.6 Å². The van der Waals surface area contributed by atoms with Gasteiger partial charge in [0.15, 0.2) is 6.17 Å². The van der Waals surface area contributed by atoms with Gasteiger partial charge in [-0.15, -0.1) is 0 Å². The highest BCUT2D eigenvalue weighted by atomic mass is 19.1. The molecule has 1 atom stereocenters. The fourth-order valence-electron chi connectivity index (χ4n) is 2.87. The Morgan fingerprint density at radius 3 is 2.65 bits per heavy atom. The molecule has 0 bridgehead atoms. The number of rotatable bonds is 8. The van der Waals surface area contributed by atoms with E-state index < -0.39 is 6.17 Å². The average molecular weight is 356 g/mol. The molecule has 0 aromatic heterocycles. The number of fused-ring (bicyclic) bond motifs is 1. The Bertz CT molecular complexity index is 761. The fraction of sp³-hybridized carbons (Fsp3) is 0.350. The van der Waals surface area contributed by atoms with E-state index in [1.54, 1.807) is 6.34 Å². The molecule has 138 valence electrons. The average Bonchev–Trinajstić information content (AvgIpc) is 2.66. The van der Waals surface area contributed by atoms with Gasteiger partial charge in [0.1, 0.15) is 11.6 Å². The summed E-state index contributed by atoms with van der Waals surface area (Å²) < 4.78 is 20.4. The molecule has 0 saturated heterocycles. The minimum atomic E-state index is -0.485. The summed E-state index contributed by atoms with van der Waals surface area (Å²) in [5.74, 6) is 0.207. The number of hydrogen-bond donors (Lipinski definition) is 3. The van der Waals surface area contributed by atoms with Crippen molar-refractivity contribution in [2.24, 2.45) is 4.99 Å². The maximum atomic E-state index is 14.7. The molecule has 3 rings (SSSR count). The SMILES string of the molecule is CCCCCOc1cc(F)c2c(c1)NC=NC2Nc1ccc(NC)cc1. The summed E-state index contributed by atoms with van der Waals surface area (Å²) in [5.41, 5.74) is 3.06. The molecule has 2 aromatic rings. The van der Waals surface area contributed by atoms with Crippen LogP contribution in [0, 0.1) is 5.82 Å². The van der Waals surface area contributed by atoms with Gasteiger partial charge in [0.05, 0.1) is 24.2 Å². The van der Waals surface area contributed by atoms with Crippen LogP contribution >= 0.6 is 0 Å². The van der Waals surface area contributed by atoms with Crippen molar-refractivity contribution < 1.29 is 9.13 Å². The van der Waals surface area contributed by atoms with E-state index in [9.17, 15) is 4.39 Å². The Morgan fingerprint density at radius 2 is 1.92 bits per heavy atom. The quantitative estimate of drug-likeness (QED) is 0.583. The van der Waals surface area contributed by atoms with Crippen molar-refractivity contribution in [1.82, 2.24) is 0 Å². The molecule has 1 aliphatic rings. The number of anilines is 3. The lowest BCUT2D eigenvalue weighted by molar-refractivity contribution is 0.304. The maximum absolute atomic E-state index is 14.7. The Morgan fingerprint density at radius 1 is 1.15 bits per heavy atom. The van der Waals surface area contributed by atoms with E-state index in [1.165, 1.54) is 6.07 Å². The lowest BCUT2D eigenvalue weighted by atomic mass is 10.1. The summed E-state index contributed by atoms with van der Waals surface area (Å²) in [7, 11) is 1.87. The molecular weight excluding hydrogens is 331 g/mol. The van der Waals surface area contributed by atoms with E-state index in [2.05, 4.69) is 27.9 Å². The topological polar surface area (TPSA) is 57.7 Å². The molecule has 26 heavy (non-hydrogen) atoms. The monoisotopic (exact) mass is 356 g/mol. The molecule has 0 fully saturated rings. The van der Waals surface area contributed by atoms with Crippen LogP contribution in [0.3, 0.4) is 0 Å². The third kappa shape index (κ3) is 4.25. The number of benzene rings is 2. The molecule has 0 radical (unpaired) electrons. The summed E-state index contributed by atoms with van der Waals surface area (Å²) in [5, 5.41) is 9.35. The highest BCUT2D eigenvalue weighted by molar-refractivity contribution is 5.82. The van der Waals surface area contributed by atoms with E-state index >= 15 is 0 Å². The zero-order chi connectivity index (χ0) is 18.4. The summed E-state index contributed by atoms with van der Waals surface area (Å²) >= 11 is 0. The van der Waals surface area contributed by atoms with Gasteiger partial charge in [-0.1, -0.05) is 19.8 Å². The van der Waals surface area contributed by atoms with Crippen LogP contribution in [0.5, 0.6) is 5.75 Å². The second-order valence-electron chi connectivity index (χ2n) is 6.22. The molecular formula is C20H25FN4O.